The van der Waals surface area contributed by atoms with Crippen molar-refractivity contribution in [1.82, 2.24) is 14.4 Å². The van der Waals surface area contributed by atoms with Gasteiger partial charge in [0.05, 0.1) is 5.52 Å². The lowest BCUT2D eigenvalue weighted by molar-refractivity contribution is -0.144. The Bertz CT molecular complexity index is 857. The molecule has 8 nitrogen and oxygen atoms in total. The van der Waals surface area contributed by atoms with Gasteiger partial charge < -0.3 is 19.7 Å². The van der Waals surface area contributed by atoms with Crippen LogP contribution in [0.5, 0.6) is 0 Å². The van der Waals surface area contributed by atoms with Crippen LogP contribution in [0, 0.1) is 5.82 Å². The Hall–Kier alpha value is -2.94. The van der Waals surface area contributed by atoms with Gasteiger partial charge in [0.25, 0.3) is 0 Å². The van der Waals surface area contributed by atoms with Crippen molar-refractivity contribution in [3.8, 4) is 0 Å². The maximum Gasteiger partial charge on any atom is 0.325 e. The van der Waals surface area contributed by atoms with Crippen LogP contribution in [0.4, 0.5) is 4.39 Å². The Kier molecular flexibility index (Phi) is 4.90. The zero-order valence-corrected chi connectivity index (χ0v) is 13.8. The van der Waals surface area contributed by atoms with Gasteiger partial charge in [-0.05, 0) is 18.2 Å². The van der Waals surface area contributed by atoms with Crippen LogP contribution in [-0.2, 0) is 20.9 Å². The fourth-order valence-corrected chi connectivity index (χ4v) is 3.37. The first-order chi connectivity index (χ1) is 12.4. The number of halogens is 1. The number of rotatable bonds is 6. The van der Waals surface area contributed by atoms with E-state index in [1.54, 1.807) is 9.80 Å². The second-order valence-electron chi connectivity index (χ2n) is 6.19. The van der Waals surface area contributed by atoms with Crippen molar-refractivity contribution in [2.75, 3.05) is 26.2 Å². The lowest BCUT2D eigenvalue weighted by atomic mass is 10.0. The highest BCUT2D eigenvalue weighted by Crippen LogP contribution is 2.31. The van der Waals surface area contributed by atoms with Crippen molar-refractivity contribution in [3.63, 3.8) is 0 Å². The van der Waals surface area contributed by atoms with Gasteiger partial charge in [-0.15, -0.1) is 0 Å². The third kappa shape index (κ3) is 3.38. The molecule has 1 aliphatic heterocycles. The minimum atomic E-state index is -1.11. The van der Waals surface area contributed by atoms with Crippen molar-refractivity contribution < 1.29 is 29.0 Å². The predicted molar refractivity (Wildman–Crippen MR) is 89.1 cm³/mol. The lowest BCUT2D eigenvalue weighted by Gasteiger charge is -2.36. The molecule has 2 N–H and O–H groups in total. The number of nitrogens with zero attached hydrogens (tertiary/aromatic N) is 3. The molecule has 1 aliphatic rings. The van der Waals surface area contributed by atoms with Gasteiger partial charge in [0.1, 0.15) is 18.4 Å². The molecular formula is C17H18FN3O5. The molecule has 0 aliphatic carbocycles. The summed E-state index contributed by atoms with van der Waals surface area (Å²) in [4.78, 5) is 37.2. The van der Waals surface area contributed by atoms with Gasteiger partial charge in [-0.1, -0.05) is 0 Å². The molecule has 0 spiro atoms. The SMILES string of the molecule is O=CN1CCN(C(C(=O)O)c2cn(CC(=O)O)c3cc(F)ccc23)CC1. The van der Waals surface area contributed by atoms with Crippen LogP contribution in [0.3, 0.4) is 0 Å². The highest BCUT2D eigenvalue weighted by molar-refractivity contribution is 5.90. The van der Waals surface area contributed by atoms with Gasteiger partial charge in [0.2, 0.25) is 6.41 Å². The summed E-state index contributed by atoms with van der Waals surface area (Å²) in [5.74, 6) is -2.72. The van der Waals surface area contributed by atoms with Crippen LogP contribution in [0.2, 0.25) is 0 Å². The Labute approximate surface area is 148 Å². The number of aromatic nitrogens is 1. The second-order valence-corrected chi connectivity index (χ2v) is 6.19. The van der Waals surface area contributed by atoms with E-state index in [0.29, 0.717) is 42.6 Å². The van der Waals surface area contributed by atoms with Gasteiger partial charge in [-0.25, -0.2) is 4.39 Å². The van der Waals surface area contributed by atoms with Crippen molar-refractivity contribution >= 4 is 29.3 Å². The van der Waals surface area contributed by atoms with Crippen molar-refractivity contribution in [2.45, 2.75) is 12.6 Å². The van der Waals surface area contributed by atoms with E-state index in [0.717, 1.165) is 6.41 Å². The Morgan fingerprint density at radius 2 is 1.88 bits per heavy atom. The van der Waals surface area contributed by atoms with E-state index in [-0.39, 0.29) is 0 Å². The maximum atomic E-state index is 13.6. The quantitative estimate of drug-likeness (QED) is 0.735. The molecule has 138 valence electrons. The Morgan fingerprint density at radius 1 is 1.19 bits per heavy atom. The zero-order valence-electron chi connectivity index (χ0n) is 13.8. The molecule has 1 aromatic heterocycles. The van der Waals surface area contributed by atoms with Crippen molar-refractivity contribution in [1.29, 1.82) is 0 Å². The highest BCUT2D eigenvalue weighted by Gasteiger charge is 2.32. The molecule has 26 heavy (non-hydrogen) atoms. The van der Waals surface area contributed by atoms with E-state index >= 15 is 0 Å². The molecule has 2 aromatic rings. The van der Waals surface area contributed by atoms with Gasteiger partial charge >= 0.3 is 11.9 Å². The van der Waals surface area contributed by atoms with Gasteiger partial charge in [0.15, 0.2) is 0 Å². The standard InChI is InChI=1S/C17H18FN3O5/c18-11-1-2-12-13(8-21(9-15(23)24)14(12)7-11)16(17(25)26)20-5-3-19(10-22)4-6-20/h1-2,7-8,10,16H,3-6,9H2,(H,23,24)(H,25,26). The van der Waals surface area contributed by atoms with E-state index in [9.17, 15) is 23.9 Å². The number of benzene rings is 1. The third-order valence-electron chi connectivity index (χ3n) is 4.57. The molecule has 1 fully saturated rings. The molecule has 0 radical (unpaired) electrons. The van der Waals surface area contributed by atoms with Crippen molar-refractivity contribution in [3.05, 3.63) is 35.8 Å². The van der Waals surface area contributed by atoms with E-state index in [1.807, 2.05) is 0 Å². The van der Waals surface area contributed by atoms with Crippen LogP contribution in [-0.4, -0.2) is 69.1 Å². The lowest BCUT2D eigenvalue weighted by Crippen LogP contribution is -2.48. The molecule has 1 aromatic carbocycles. The smallest absolute Gasteiger partial charge is 0.325 e. The van der Waals surface area contributed by atoms with Crippen molar-refractivity contribution in [2.24, 2.45) is 0 Å². The van der Waals surface area contributed by atoms with Gasteiger partial charge in [-0.3, -0.25) is 19.3 Å². The molecular weight excluding hydrogens is 345 g/mol. The predicted octanol–water partition coefficient (Wildman–Crippen LogP) is 0.765. The topological polar surface area (TPSA) is 103 Å². The first-order valence-electron chi connectivity index (χ1n) is 8.07. The largest absolute Gasteiger partial charge is 0.480 e. The summed E-state index contributed by atoms with van der Waals surface area (Å²) in [6.45, 7) is 1.18. The van der Waals surface area contributed by atoms with Gasteiger partial charge in [0, 0.05) is 43.3 Å². The maximum absolute atomic E-state index is 13.6. The molecule has 2 heterocycles. The van der Waals surface area contributed by atoms with E-state index in [2.05, 4.69) is 0 Å². The zero-order chi connectivity index (χ0) is 18.8. The molecule has 9 heteroatoms. The monoisotopic (exact) mass is 363 g/mol. The number of hydrogen-bond donors (Lipinski definition) is 2. The summed E-state index contributed by atoms with van der Waals surface area (Å²) >= 11 is 0. The Balaban J connectivity index is 2.04. The number of hydrogen-bond acceptors (Lipinski definition) is 4. The van der Waals surface area contributed by atoms with Crippen LogP contribution in [0.15, 0.2) is 24.4 Å². The molecule has 1 unspecified atom stereocenters. The van der Waals surface area contributed by atoms with E-state index in [4.69, 9.17) is 5.11 Å². The molecule has 0 saturated carbocycles. The summed E-state index contributed by atoms with van der Waals surface area (Å²) in [6.07, 6.45) is 2.19. The summed E-state index contributed by atoms with van der Waals surface area (Å²) in [5.41, 5.74) is 0.744. The number of fused-ring (bicyclic) bond motifs is 1. The van der Waals surface area contributed by atoms with E-state index in [1.165, 1.54) is 29.0 Å². The molecule has 1 amide bonds. The summed E-state index contributed by atoms with van der Waals surface area (Å²) in [5, 5.41) is 19.4. The second kappa shape index (κ2) is 7.12. The molecule has 0 bridgehead atoms. The average molecular weight is 363 g/mol. The van der Waals surface area contributed by atoms with Crippen LogP contribution < -0.4 is 0 Å². The fraction of sp³-hybridized carbons (Fsp3) is 0.353. The van der Waals surface area contributed by atoms with E-state index < -0.39 is 30.3 Å². The number of carbonyl (C=O) groups excluding carboxylic acids is 1. The summed E-state index contributed by atoms with van der Waals surface area (Å²) in [7, 11) is 0. The molecule has 1 saturated heterocycles. The van der Waals surface area contributed by atoms with Gasteiger partial charge in [-0.2, -0.15) is 0 Å². The number of aliphatic carboxylic acids is 2. The number of piperazine rings is 1. The minimum absolute atomic E-state index is 0.333. The number of carbonyl (C=O) groups is 3. The Morgan fingerprint density at radius 3 is 2.46 bits per heavy atom. The highest BCUT2D eigenvalue weighted by atomic mass is 19.1. The minimum Gasteiger partial charge on any atom is -0.480 e. The summed E-state index contributed by atoms with van der Waals surface area (Å²) in [6, 6.07) is 2.88. The summed E-state index contributed by atoms with van der Waals surface area (Å²) < 4.78 is 15.0. The molecule has 1 atom stereocenters. The molecule has 3 rings (SSSR count). The van der Waals surface area contributed by atoms with Crippen LogP contribution in [0.25, 0.3) is 10.9 Å². The number of amides is 1. The number of carboxylic acid groups (broad SMARTS) is 2. The fourth-order valence-electron chi connectivity index (χ4n) is 3.37. The third-order valence-corrected chi connectivity index (χ3v) is 4.57. The normalized spacial score (nSPS) is 16.6. The number of carboxylic acids is 2. The first kappa shape index (κ1) is 17.9. The van der Waals surface area contributed by atoms with Crippen LogP contribution >= 0.6 is 0 Å². The first-order valence-corrected chi connectivity index (χ1v) is 8.07. The average Bonchev–Trinajstić information content (AvgIpc) is 2.92. The van der Waals surface area contributed by atoms with Crippen LogP contribution in [0.1, 0.15) is 11.6 Å².